The van der Waals surface area contributed by atoms with E-state index in [1.165, 1.54) is 12.3 Å². The van der Waals surface area contributed by atoms with Gasteiger partial charge in [-0.2, -0.15) is 0 Å². The highest BCUT2D eigenvalue weighted by Crippen LogP contribution is 2.20. The van der Waals surface area contributed by atoms with E-state index >= 15 is 0 Å². The summed E-state index contributed by atoms with van der Waals surface area (Å²) >= 11 is 0. The molecule has 0 aliphatic heterocycles. The Labute approximate surface area is 75.1 Å². The summed E-state index contributed by atoms with van der Waals surface area (Å²) in [6.45, 7) is 0. The Kier molecular flexibility index (Phi) is 1.63. The maximum absolute atomic E-state index is 11.1. The summed E-state index contributed by atoms with van der Waals surface area (Å²) in [5.74, 6) is 0. The first-order valence-electron chi connectivity index (χ1n) is 3.61. The Morgan fingerprint density at radius 1 is 1.46 bits per heavy atom. The lowest BCUT2D eigenvalue weighted by molar-refractivity contribution is 0.483. The highest BCUT2D eigenvalue weighted by Gasteiger charge is 2.12. The Morgan fingerprint density at radius 2 is 2.23 bits per heavy atom. The number of rotatable bonds is 1. The molecular formula is C8H7NO3S. The molecule has 13 heavy (non-hydrogen) atoms. The van der Waals surface area contributed by atoms with Crippen LogP contribution in [0.25, 0.3) is 11.0 Å². The van der Waals surface area contributed by atoms with Crippen LogP contribution in [0.4, 0.5) is 0 Å². The van der Waals surface area contributed by atoms with Gasteiger partial charge in [-0.3, -0.25) is 4.98 Å². The summed E-state index contributed by atoms with van der Waals surface area (Å²) in [4.78, 5) is 3.82. The van der Waals surface area contributed by atoms with Crippen LogP contribution in [0.2, 0.25) is 0 Å². The second-order valence-electron chi connectivity index (χ2n) is 2.75. The van der Waals surface area contributed by atoms with E-state index in [1.54, 1.807) is 12.3 Å². The summed E-state index contributed by atoms with van der Waals surface area (Å²) in [6.07, 6.45) is 4.19. The molecule has 2 aromatic heterocycles. The van der Waals surface area contributed by atoms with Gasteiger partial charge < -0.3 is 4.42 Å². The van der Waals surface area contributed by atoms with Gasteiger partial charge in [0.05, 0.1) is 6.20 Å². The first-order chi connectivity index (χ1) is 6.07. The Hall–Kier alpha value is -1.36. The van der Waals surface area contributed by atoms with Crippen molar-refractivity contribution in [2.24, 2.45) is 0 Å². The quantitative estimate of drug-likeness (QED) is 0.689. The van der Waals surface area contributed by atoms with E-state index in [1.807, 2.05) is 0 Å². The van der Waals surface area contributed by atoms with Gasteiger partial charge in [-0.05, 0) is 6.07 Å². The minimum atomic E-state index is -3.26. The molecule has 4 nitrogen and oxygen atoms in total. The fourth-order valence-corrected chi connectivity index (χ4v) is 1.62. The average Bonchev–Trinajstić information content (AvgIpc) is 2.45. The van der Waals surface area contributed by atoms with Crippen LogP contribution >= 0.6 is 0 Å². The van der Waals surface area contributed by atoms with Crippen LogP contribution in [0.3, 0.4) is 0 Å². The highest BCUT2D eigenvalue weighted by molar-refractivity contribution is 7.90. The highest BCUT2D eigenvalue weighted by atomic mass is 32.2. The third-order valence-electron chi connectivity index (χ3n) is 1.67. The van der Waals surface area contributed by atoms with E-state index in [0.29, 0.717) is 5.58 Å². The standard InChI is InChI=1S/C8H7NO3S/c1-13(10,11)8-4-6-2-3-9-5-7(6)12-8/h2-5H,1H3. The number of sulfone groups is 1. The zero-order valence-electron chi connectivity index (χ0n) is 6.89. The molecule has 0 amide bonds. The maximum atomic E-state index is 11.1. The maximum Gasteiger partial charge on any atom is 0.219 e. The molecule has 0 N–H and O–H groups in total. The van der Waals surface area contributed by atoms with Gasteiger partial charge in [0.25, 0.3) is 0 Å². The number of nitrogens with zero attached hydrogens (tertiary/aromatic N) is 1. The van der Waals surface area contributed by atoms with E-state index in [2.05, 4.69) is 4.98 Å². The summed E-state index contributed by atoms with van der Waals surface area (Å²) in [5, 5.41) is 0.728. The molecule has 0 bridgehead atoms. The van der Waals surface area contributed by atoms with Crippen molar-refractivity contribution in [1.29, 1.82) is 0 Å². The van der Waals surface area contributed by atoms with Crippen molar-refractivity contribution in [3.8, 4) is 0 Å². The Morgan fingerprint density at radius 3 is 2.85 bits per heavy atom. The smallest absolute Gasteiger partial charge is 0.219 e. The summed E-state index contributed by atoms with van der Waals surface area (Å²) in [5.41, 5.74) is 0.489. The third kappa shape index (κ3) is 1.42. The minimum Gasteiger partial charge on any atom is -0.443 e. The van der Waals surface area contributed by atoms with Crippen molar-refractivity contribution < 1.29 is 12.8 Å². The normalized spacial score (nSPS) is 12.1. The van der Waals surface area contributed by atoms with Crippen LogP contribution in [0.1, 0.15) is 0 Å². The molecule has 0 spiro atoms. The van der Waals surface area contributed by atoms with Gasteiger partial charge in [0, 0.05) is 23.9 Å². The predicted molar refractivity (Wildman–Crippen MR) is 47.1 cm³/mol. The molecule has 2 rings (SSSR count). The lowest BCUT2D eigenvalue weighted by Gasteiger charge is -1.87. The van der Waals surface area contributed by atoms with Crippen LogP contribution < -0.4 is 0 Å². The van der Waals surface area contributed by atoms with Crippen LogP contribution in [0.5, 0.6) is 0 Å². The number of aromatic nitrogens is 1. The van der Waals surface area contributed by atoms with Crippen molar-refractivity contribution in [3.63, 3.8) is 0 Å². The summed E-state index contributed by atoms with van der Waals surface area (Å²) in [6, 6.07) is 3.19. The molecule has 0 aliphatic rings. The monoisotopic (exact) mass is 197 g/mol. The Bertz CT molecular complexity index is 508. The molecule has 0 aromatic carbocycles. The molecular weight excluding hydrogens is 190 g/mol. The molecule has 0 saturated heterocycles. The zero-order chi connectivity index (χ0) is 9.47. The van der Waals surface area contributed by atoms with Gasteiger partial charge in [-0.25, -0.2) is 8.42 Å². The molecule has 0 fully saturated rings. The van der Waals surface area contributed by atoms with Crippen molar-refractivity contribution in [3.05, 3.63) is 24.5 Å². The average molecular weight is 197 g/mol. The molecule has 5 heteroatoms. The van der Waals surface area contributed by atoms with Crippen molar-refractivity contribution in [2.45, 2.75) is 5.09 Å². The molecule has 0 aliphatic carbocycles. The second-order valence-corrected chi connectivity index (χ2v) is 4.70. The van der Waals surface area contributed by atoms with Crippen molar-refractivity contribution >= 4 is 20.8 Å². The van der Waals surface area contributed by atoms with E-state index in [9.17, 15) is 8.42 Å². The first-order valence-corrected chi connectivity index (χ1v) is 5.50. The molecule has 2 heterocycles. The number of hydrogen-bond donors (Lipinski definition) is 0. The predicted octanol–water partition coefficient (Wildman–Crippen LogP) is 1.23. The van der Waals surface area contributed by atoms with Crippen molar-refractivity contribution in [2.75, 3.05) is 6.26 Å². The number of hydrogen-bond acceptors (Lipinski definition) is 4. The lowest BCUT2D eigenvalue weighted by atomic mass is 10.3. The molecule has 0 radical (unpaired) electrons. The lowest BCUT2D eigenvalue weighted by Crippen LogP contribution is -1.93. The van der Waals surface area contributed by atoms with Gasteiger partial charge in [0.2, 0.25) is 14.9 Å². The number of furan rings is 1. The van der Waals surface area contributed by atoms with Crippen LogP contribution in [-0.2, 0) is 9.84 Å². The fourth-order valence-electron chi connectivity index (χ4n) is 1.04. The van der Waals surface area contributed by atoms with E-state index in [-0.39, 0.29) is 5.09 Å². The van der Waals surface area contributed by atoms with Gasteiger partial charge in [-0.1, -0.05) is 0 Å². The molecule has 0 atom stereocenters. The molecule has 68 valence electrons. The third-order valence-corrected chi connectivity index (χ3v) is 2.60. The van der Waals surface area contributed by atoms with Gasteiger partial charge in [0.1, 0.15) is 0 Å². The summed E-state index contributed by atoms with van der Waals surface area (Å²) in [7, 11) is -3.26. The van der Waals surface area contributed by atoms with E-state index in [0.717, 1.165) is 11.6 Å². The molecule has 0 saturated carbocycles. The largest absolute Gasteiger partial charge is 0.443 e. The number of pyridine rings is 1. The van der Waals surface area contributed by atoms with E-state index in [4.69, 9.17) is 4.42 Å². The van der Waals surface area contributed by atoms with Crippen LogP contribution in [-0.4, -0.2) is 19.7 Å². The summed E-state index contributed by atoms with van der Waals surface area (Å²) < 4.78 is 27.3. The zero-order valence-corrected chi connectivity index (χ0v) is 7.71. The van der Waals surface area contributed by atoms with Gasteiger partial charge in [0.15, 0.2) is 5.58 Å². The number of fused-ring (bicyclic) bond motifs is 1. The fraction of sp³-hybridized carbons (Fsp3) is 0.125. The minimum absolute atomic E-state index is 0.0181. The van der Waals surface area contributed by atoms with E-state index < -0.39 is 9.84 Å². The molecule has 2 aromatic rings. The van der Waals surface area contributed by atoms with Gasteiger partial charge >= 0.3 is 0 Å². The molecule has 0 unspecified atom stereocenters. The SMILES string of the molecule is CS(=O)(=O)c1cc2ccncc2o1. The van der Waals surface area contributed by atoms with Crippen LogP contribution in [0.15, 0.2) is 34.0 Å². The van der Waals surface area contributed by atoms with Crippen molar-refractivity contribution in [1.82, 2.24) is 4.98 Å². The van der Waals surface area contributed by atoms with Gasteiger partial charge in [-0.15, -0.1) is 0 Å². The first kappa shape index (κ1) is 8.25. The Balaban J connectivity index is 2.77. The van der Waals surface area contributed by atoms with Crippen LogP contribution in [0, 0.1) is 0 Å². The topological polar surface area (TPSA) is 60.2 Å². The second kappa shape index (κ2) is 2.56.